The average molecular weight is 294 g/mol. The molecular formula is C14H18N2O5. The lowest BCUT2D eigenvalue weighted by Gasteiger charge is -2.19. The number of benzene rings is 1. The van der Waals surface area contributed by atoms with Crippen molar-refractivity contribution < 1.29 is 24.2 Å². The predicted octanol–water partition coefficient (Wildman–Crippen LogP) is 1.86. The number of carbonyl (C=O) groups is 3. The lowest BCUT2D eigenvalue weighted by molar-refractivity contribution is 0.0483. The van der Waals surface area contributed by atoms with Crippen molar-refractivity contribution in [2.45, 2.75) is 33.3 Å². The molecule has 0 fully saturated rings. The Morgan fingerprint density at radius 3 is 2.24 bits per heavy atom. The molecule has 1 rings (SSSR count). The zero-order chi connectivity index (χ0) is 16.2. The fourth-order valence-corrected chi connectivity index (χ4v) is 1.53. The van der Waals surface area contributed by atoms with Gasteiger partial charge in [-0.3, -0.25) is 10.2 Å². The molecule has 0 aliphatic rings. The molecule has 0 saturated heterocycles. The van der Waals surface area contributed by atoms with Gasteiger partial charge in [-0.1, -0.05) is 0 Å². The Labute approximate surface area is 122 Å². The summed E-state index contributed by atoms with van der Waals surface area (Å²) in [4.78, 5) is 34.1. The molecule has 21 heavy (non-hydrogen) atoms. The van der Waals surface area contributed by atoms with Crippen LogP contribution in [0.3, 0.4) is 0 Å². The summed E-state index contributed by atoms with van der Waals surface area (Å²) in [5.74, 6) is -1.63. The number of ether oxygens (including phenoxy) is 1. The number of carboxylic acids is 1. The second kappa shape index (κ2) is 6.25. The Balaban J connectivity index is 2.68. The monoisotopic (exact) mass is 294 g/mol. The third kappa shape index (κ3) is 5.13. The van der Waals surface area contributed by atoms with Crippen molar-refractivity contribution in [3.63, 3.8) is 0 Å². The van der Waals surface area contributed by atoms with Crippen LogP contribution in [0.25, 0.3) is 0 Å². The van der Waals surface area contributed by atoms with E-state index in [1.807, 2.05) is 0 Å². The van der Waals surface area contributed by atoms with Crippen LogP contribution in [-0.2, 0) is 4.74 Å². The highest BCUT2D eigenvalue weighted by Crippen LogP contribution is 2.11. The number of carbonyl (C=O) groups excluding carboxylic acids is 2. The summed E-state index contributed by atoms with van der Waals surface area (Å²) in [6.45, 7) is 6.70. The van der Waals surface area contributed by atoms with E-state index in [-0.39, 0.29) is 11.1 Å². The van der Waals surface area contributed by atoms with Gasteiger partial charge in [-0.05, 0) is 51.5 Å². The SMILES string of the molecule is Cc1cc(C(=O)O)ccc1C(=O)NNC(=O)OC(C)(C)C. The van der Waals surface area contributed by atoms with Crippen molar-refractivity contribution in [2.75, 3.05) is 0 Å². The van der Waals surface area contributed by atoms with Gasteiger partial charge in [0.05, 0.1) is 5.56 Å². The largest absolute Gasteiger partial charge is 0.478 e. The maximum absolute atomic E-state index is 11.9. The first-order valence-corrected chi connectivity index (χ1v) is 6.23. The van der Waals surface area contributed by atoms with Crippen molar-refractivity contribution >= 4 is 18.0 Å². The van der Waals surface area contributed by atoms with Crippen LogP contribution in [-0.4, -0.2) is 28.7 Å². The van der Waals surface area contributed by atoms with Gasteiger partial charge < -0.3 is 9.84 Å². The fraction of sp³-hybridized carbons (Fsp3) is 0.357. The fourth-order valence-electron chi connectivity index (χ4n) is 1.53. The van der Waals surface area contributed by atoms with E-state index in [2.05, 4.69) is 10.9 Å². The molecule has 3 N–H and O–H groups in total. The highest BCUT2D eigenvalue weighted by Gasteiger charge is 2.17. The first-order chi connectivity index (χ1) is 9.60. The molecule has 7 heteroatoms. The van der Waals surface area contributed by atoms with E-state index in [1.54, 1.807) is 27.7 Å². The van der Waals surface area contributed by atoms with Crippen molar-refractivity contribution in [1.29, 1.82) is 0 Å². The molecule has 0 radical (unpaired) electrons. The Morgan fingerprint density at radius 1 is 1.14 bits per heavy atom. The zero-order valence-electron chi connectivity index (χ0n) is 12.3. The van der Waals surface area contributed by atoms with Crippen LogP contribution >= 0.6 is 0 Å². The van der Waals surface area contributed by atoms with Gasteiger partial charge in [0.1, 0.15) is 5.60 Å². The van der Waals surface area contributed by atoms with Crippen molar-refractivity contribution in [3.05, 3.63) is 34.9 Å². The third-order valence-electron chi connectivity index (χ3n) is 2.39. The van der Waals surface area contributed by atoms with Gasteiger partial charge >= 0.3 is 12.1 Å². The summed E-state index contributed by atoms with van der Waals surface area (Å²) in [5.41, 5.74) is 4.48. The molecule has 1 aromatic carbocycles. The van der Waals surface area contributed by atoms with Crippen LogP contribution in [0.2, 0.25) is 0 Å². The van der Waals surface area contributed by atoms with Crippen molar-refractivity contribution in [2.24, 2.45) is 0 Å². The van der Waals surface area contributed by atoms with Crippen LogP contribution in [0.5, 0.6) is 0 Å². The van der Waals surface area contributed by atoms with Gasteiger partial charge in [-0.2, -0.15) is 0 Å². The lowest BCUT2D eigenvalue weighted by Crippen LogP contribution is -2.44. The number of carboxylic acid groups (broad SMARTS) is 1. The summed E-state index contributed by atoms with van der Waals surface area (Å²) in [7, 11) is 0. The maximum atomic E-state index is 11.9. The summed E-state index contributed by atoms with van der Waals surface area (Å²) in [6.07, 6.45) is -0.782. The van der Waals surface area contributed by atoms with Crippen molar-refractivity contribution in [3.8, 4) is 0 Å². The second-order valence-electron chi connectivity index (χ2n) is 5.42. The number of hydrazine groups is 1. The van der Waals surface area contributed by atoms with Crippen LogP contribution in [0, 0.1) is 6.92 Å². The second-order valence-corrected chi connectivity index (χ2v) is 5.42. The first kappa shape index (κ1) is 16.5. The summed E-state index contributed by atoms with van der Waals surface area (Å²) in [6, 6.07) is 4.08. The van der Waals surface area contributed by atoms with Crippen molar-refractivity contribution in [1.82, 2.24) is 10.9 Å². The maximum Gasteiger partial charge on any atom is 0.426 e. The highest BCUT2D eigenvalue weighted by atomic mass is 16.6. The molecule has 0 aromatic heterocycles. The Kier molecular flexibility index (Phi) is 4.91. The number of hydrogen-bond acceptors (Lipinski definition) is 4. The molecule has 0 heterocycles. The minimum absolute atomic E-state index is 0.0872. The molecule has 0 bridgehead atoms. The molecule has 0 aliphatic carbocycles. The zero-order valence-corrected chi connectivity index (χ0v) is 12.3. The van der Waals surface area contributed by atoms with Crippen LogP contribution in [0.4, 0.5) is 4.79 Å². The first-order valence-electron chi connectivity index (χ1n) is 6.23. The summed E-state index contributed by atoms with van der Waals surface area (Å²) < 4.78 is 4.96. The van der Waals surface area contributed by atoms with E-state index >= 15 is 0 Å². The average Bonchev–Trinajstić information content (AvgIpc) is 2.33. The van der Waals surface area contributed by atoms with Crippen LogP contribution in [0.1, 0.15) is 47.1 Å². The smallest absolute Gasteiger partial charge is 0.426 e. The predicted molar refractivity (Wildman–Crippen MR) is 75.0 cm³/mol. The minimum atomic E-state index is -1.07. The normalized spacial score (nSPS) is 10.7. The van der Waals surface area contributed by atoms with E-state index in [0.717, 1.165) is 0 Å². The molecular weight excluding hydrogens is 276 g/mol. The number of aryl methyl sites for hydroxylation is 1. The Morgan fingerprint density at radius 2 is 1.76 bits per heavy atom. The molecule has 0 atom stereocenters. The van der Waals surface area contributed by atoms with E-state index in [0.29, 0.717) is 5.56 Å². The molecule has 0 spiro atoms. The molecule has 0 unspecified atom stereocenters. The van der Waals surface area contributed by atoms with Crippen LogP contribution in [0.15, 0.2) is 18.2 Å². The quantitative estimate of drug-likeness (QED) is 0.722. The Hall–Kier alpha value is -2.57. The third-order valence-corrected chi connectivity index (χ3v) is 2.39. The topological polar surface area (TPSA) is 105 Å². The molecule has 0 aliphatic heterocycles. The standard InChI is InChI=1S/C14H18N2O5/c1-8-7-9(12(18)19)5-6-10(8)11(17)15-16-13(20)21-14(2,3)4/h5-7H,1-4H3,(H,15,17)(H,16,20)(H,18,19). The molecule has 7 nitrogen and oxygen atoms in total. The summed E-state index contributed by atoms with van der Waals surface area (Å²) >= 11 is 0. The number of hydrogen-bond donors (Lipinski definition) is 3. The molecule has 1 aromatic rings. The number of aromatic carboxylic acids is 1. The number of amides is 2. The van der Waals surface area contributed by atoms with E-state index in [4.69, 9.17) is 9.84 Å². The van der Waals surface area contributed by atoms with Gasteiger partial charge in [-0.25, -0.2) is 15.0 Å². The molecule has 0 saturated carbocycles. The van der Waals surface area contributed by atoms with Gasteiger partial charge in [0.15, 0.2) is 0 Å². The summed E-state index contributed by atoms with van der Waals surface area (Å²) in [5, 5.41) is 8.85. The molecule has 2 amide bonds. The van der Waals surface area contributed by atoms with Gasteiger partial charge in [0, 0.05) is 5.56 Å². The highest BCUT2D eigenvalue weighted by molar-refractivity contribution is 5.97. The van der Waals surface area contributed by atoms with E-state index in [9.17, 15) is 14.4 Å². The number of nitrogens with one attached hydrogen (secondary N) is 2. The van der Waals surface area contributed by atoms with Gasteiger partial charge in [-0.15, -0.1) is 0 Å². The lowest BCUT2D eigenvalue weighted by atomic mass is 10.0. The molecule has 114 valence electrons. The van der Waals surface area contributed by atoms with E-state index < -0.39 is 23.6 Å². The minimum Gasteiger partial charge on any atom is -0.478 e. The Bertz CT molecular complexity index is 575. The van der Waals surface area contributed by atoms with Crippen LogP contribution < -0.4 is 10.9 Å². The van der Waals surface area contributed by atoms with Gasteiger partial charge in [0.25, 0.3) is 5.91 Å². The van der Waals surface area contributed by atoms with Gasteiger partial charge in [0.2, 0.25) is 0 Å². The number of rotatable bonds is 2. The van der Waals surface area contributed by atoms with E-state index in [1.165, 1.54) is 18.2 Å².